The summed E-state index contributed by atoms with van der Waals surface area (Å²) in [5.41, 5.74) is 3.09. The van der Waals surface area contributed by atoms with Gasteiger partial charge in [0.1, 0.15) is 16.4 Å². The molecule has 0 unspecified atom stereocenters. The number of benzene rings is 2. The molecule has 0 saturated heterocycles. The molecule has 1 aliphatic heterocycles. The minimum Gasteiger partial charge on any atom is -0.350 e. The van der Waals surface area contributed by atoms with Gasteiger partial charge in [0, 0.05) is 10.2 Å². The molecule has 0 fully saturated rings. The summed E-state index contributed by atoms with van der Waals surface area (Å²) in [7, 11) is 0. The van der Waals surface area contributed by atoms with Crippen molar-refractivity contribution in [1.82, 2.24) is 19.9 Å². The molecular formula is C20H15BrClN5O2. The van der Waals surface area contributed by atoms with Crippen LogP contribution in [-0.4, -0.2) is 31.7 Å². The number of carbonyl (C=O) groups is 2. The van der Waals surface area contributed by atoms with Crippen molar-refractivity contribution in [3.63, 3.8) is 0 Å². The number of nitrogens with zero attached hydrogens (tertiary/aromatic N) is 4. The molecule has 1 aromatic heterocycles. The molecule has 4 rings (SSSR count). The molecular weight excluding hydrogens is 458 g/mol. The minimum absolute atomic E-state index is 0.0243. The summed E-state index contributed by atoms with van der Waals surface area (Å²) in [6.45, 7) is 1.94. The molecule has 9 heteroatoms. The molecule has 0 aliphatic carbocycles. The standard InChI is InChI=1S/C20H15BrClN5O2/c1-12-2-6-14(7-3-12)23-18-17(22)19(28)26(20(18)29)10-15-11-27(25-24-15)16-8-4-13(21)5-9-16/h2-9,11,23H,10H2,1H3. The fourth-order valence-electron chi connectivity index (χ4n) is 2.83. The van der Waals surface area contributed by atoms with E-state index in [1.165, 1.54) is 0 Å². The molecule has 3 aromatic rings. The summed E-state index contributed by atoms with van der Waals surface area (Å²) >= 11 is 9.52. The van der Waals surface area contributed by atoms with Gasteiger partial charge >= 0.3 is 0 Å². The van der Waals surface area contributed by atoms with Crippen LogP contribution in [0.2, 0.25) is 0 Å². The second-order valence-corrected chi connectivity index (χ2v) is 7.80. The Balaban J connectivity index is 1.50. The molecule has 0 spiro atoms. The summed E-state index contributed by atoms with van der Waals surface area (Å²) < 4.78 is 2.52. The van der Waals surface area contributed by atoms with Gasteiger partial charge in [0.15, 0.2) is 0 Å². The highest BCUT2D eigenvalue weighted by atomic mass is 79.9. The van der Waals surface area contributed by atoms with Crippen LogP contribution in [-0.2, 0) is 16.1 Å². The third-order valence-corrected chi connectivity index (χ3v) is 5.26. The molecule has 1 N–H and O–H groups in total. The number of hydrogen-bond acceptors (Lipinski definition) is 5. The van der Waals surface area contributed by atoms with E-state index in [-0.39, 0.29) is 17.3 Å². The van der Waals surface area contributed by atoms with Crippen LogP contribution < -0.4 is 5.32 Å². The Morgan fingerprint density at radius 3 is 2.41 bits per heavy atom. The van der Waals surface area contributed by atoms with Gasteiger partial charge in [-0.3, -0.25) is 14.5 Å². The van der Waals surface area contributed by atoms with E-state index in [0.29, 0.717) is 11.4 Å². The largest absolute Gasteiger partial charge is 0.350 e. The van der Waals surface area contributed by atoms with E-state index in [9.17, 15) is 9.59 Å². The summed E-state index contributed by atoms with van der Waals surface area (Å²) in [5, 5.41) is 10.9. The van der Waals surface area contributed by atoms with Gasteiger partial charge in [-0.1, -0.05) is 50.4 Å². The summed E-state index contributed by atoms with van der Waals surface area (Å²) in [6.07, 6.45) is 1.67. The third-order valence-electron chi connectivity index (χ3n) is 4.38. The smallest absolute Gasteiger partial charge is 0.279 e. The van der Waals surface area contributed by atoms with Crippen molar-refractivity contribution in [2.75, 3.05) is 5.32 Å². The van der Waals surface area contributed by atoms with E-state index in [1.54, 1.807) is 10.9 Å². The van der Waals surface area contributed by atoms with Crippen LogP contribution >= 0.6 is 27.5 Å². The summed E-state index contributed by atoms with van der Waals surface area (Å²) in [6, 6.07) is 14.9. The predicted molar refractivity (Wildman–Crippen MR) is 112 cm³/mol. The molecule has 0 saturated carbocycles. The zero-order valence-corrected chi connectivity index (χ0v) is 17.6. The lowest BCUT2D eigenvalue weighted by atomic mass is 10.2. The number of rotatable bonds is 5. The average Bonchev–Trinajstić information content (AvgIpc) is 3.25. The highest BCUT2D eigenvalue weighted by Gasteiger charge is 2.38. The van der Waals surface area contributed by atoms with Gasteiger partial charge in [-0.25, -0.2) is 4.68 Å². The maximum absolute atomic E-state index is 12.8. The molecule has 0 bridgehead atoms. The average molecular weight is 473 g/mol. The number of imide groups is 1. The first-order chi connectivity index (χ1) is 13.9. The Hall–Kier alpha value is -2.97. The van der Waals surface area contributed by atoms with Gasteiger partial charge in [-0.2, -0.15) is 0 Å². The van der Waals surface area contributed by atoms with E-state index in [1.807, 2.05) is 55.5 Å². The SMILES string of the molecule is Cc1ccc(NC2=C(Cl)C(=O)N(Cc3cn(-c4ccc(Br)cc4)nn3)C2=O)cc1. The fraction of sp³-hybridized carbons (Fsp3) is 0.100. The number of halogens is 2. The van der Waals surface area contributed by atoms with Crippen molar-refractivity contribution in [1.29, 1.82) is 0 Å². The Morgan fingerprint density at radius 2 is 1.72 bits per heavy atom. The quantitative estimate of drug-likeness (QED) is 0.572. The number of nitrogens with one attached hydrogen (secondary N) is 1. The van der Waals surface area contributed by atoms with Gasteiger partial charge < -0.3 is 5.32 Å². The number of carbonyl (C=O) groups excluding carboxylic acids is 2. The van der Waals surface area contributed by atoms with Gasteiger partial charge in [-0.15, -0.1) is 5.10 Å². The molecule has 2 heterocycles. The second kappa shape index (κ2) is 7.81. The third kappa shape index (κ3) is 3.94. The minimum atomic E-state index is -0.565. The highest BCUT2D eigenvalue weighted by Crippen LogP contribution is 2.27. The summed E-state index contributed by atoms with van der Waals surface area (Å²) in [5.74, 6) is -1.07. The van der Waals surface area contributed by atoms with Crippen LogP contribution in [0.5, 0.6) is 0 Å². The van der Waals surface area contributed by atoms with Crippen LogP contribution in [0.15, 0.2) is 69.9 Å². The Morgan fingerprint density at radius 1 is 1.03 bits per heavy atom. The van der Waals surface area contributed by atoms with E-state index in [2.05, 4.69) is 31.6 Å². The molecule has 7 nitrogen and oxygen atoms in total. The van der Waals surface area contributed by atoms with Gasteiger partial charge in [0.25, 0.3) is 11.8 Å². The van der Waals surface area contributed by atoms with Crippen molar-refractivity contribution < 1.29 is 9.59 Å². The zero-order valence-electron chi connectivity index (χ0n) is 15.3. The van der Waals surface area contributed by atoms with E-state index >= 15 is 0 Å². The first kappa shape index (κ1) is 19.4. The Bertz CT molecular complexity index is 1120. The van der Waals surface area contributed by atoms with E-state index in [4.69, 9.17) is 11.6 Å². The number of anilines is 1. The topological polar surface area (TPSA) is 80.1 Å². The van der Waals surface area contributed by atoms with Crippen LogP contribution in [0.3, 0.4) is 0 Å². The summed E-state index contributed by atoms with van der Waals surface area (Å²) in [4.78, 5) is 26.3. The monoisotopic (exact) mass is 471 g/mol. The molecule has 0 atom stereocenters. The Kier molecular flexibility index (Phi) is 5.21. The van der Waals surface area contributed by atoms with Crippen molar-refractivity contribution >= 4 is 45.0 Å². The number of hydrogen-bond donors (Lipinski definition) is 1. The van der Waals surface area contributed by atoms with Crippen LogP contribution in [0.25, 0.3) is 5.69 Å². The molecule has 2 aromatic carbocycles. The van der Waals surface area contributed by atoms with Crippen molar-refractivity contribution in [2.24, 2.45) is 0 Å². The van der Waals surface area contributed by atoms with Crippen LogP contribution in [0.1, 0.15) is 11.3 Å². The lowest BCUT2D eigenvalue weighted by Gasteiger charge is -2.13. The van der Waals surface area contributed by atoms with Gasteiger partial charge in [-0.05, 0) is 43.3 Å². The lowest BCUT2D eigenvalue weighted by Crippen LogP contribution is -2.32. The van der Waals surface area contributed by atoms with Crippen LogP contribution in [0.4, 0.5) is 5.69 Å². The lowest BCUT2D eigenvalue weighted by molar-refractivity contribution is -0.138. The van der Waals surface area contributed by atoms with Gasteiger partial charge in [0.05, 0.1) is 18.4 Å². The maximum Gasteiger partial charge on any atom is 0.279 e. The first-order valence-electron chi connectivity index (χ1n) is 8.69. The molecule has 2 amide bonds. The molecule has 1 aliphatic rings. The van der Waals surface area contributed by atoms with E-state index in [0.717, 1.165) is 20.6 Å². The van der Waals surface area contributed by atoms with Crippen LogP contribution in [0, 0.1) is 6.92 Å². The maximum atomic E-state index is 12.8. The first-order valence-corrected chi connectivity index (χ1v) is 9.86. The number of aromatic nitrogens is 3. The predicted octanol–water partition coefficient (Wildman–Crippen LogP) is 3.77. The van der Waals surface area contributed by atoms with E-state index < -0.39 is 11.8 Å². The highest BCUT2D eigenvalue weighted by molar-refractivity contribution is 9.10. The van der Waals surface area contributed by atoms with Gasteiger partial charge in [0.2, 0.25) is 0 Å². The molecule has 0 radical (unpaired) electrons. The normalized spacial score (nSPS) is 14.1. The molecule has 146 valence electrons. The van der Waals surface area contributed by atoms with Crippen molar-refractivity contribution in [3.8, 4) is 5.69 Å². The zero-order chi connectivity index (χ0) is 20.5. The van der Waals surface area contributed by atoms with Crippen molar-refractivity contribution in [3.05, 3.63) is 81.2 Å². The number of aryl methyl sites for hydroxylation is 1. The second-order valence-electron chi connectivity index (χ2n) is 6.51. The molecule has 29 heavy (non-hydrogen) atoms. The van der Waals surface area contributed by atoms with Crippen molar-refractivity contribution in [2.45, 2.75) is 13.5 Å². The fourth-order valence-corrected chi connectivity index (χ4v) is 3.33. The Labute approximate surface area is 180 Å². The number of amides is 2.